The van der Waals surface area contributed by atoms with Gasteiger partial charge in [0.15, 0.2) is 5.76 Å². The van der Waals surface area contributed by atoms with Gasteiger partial charge in [-0.15, -0.1) is 0 Å². The molecule has 21 heavy (non-hydrogen) atoms. The molecular formula is C16H16N2O3. The number of anilines is 1. The molecule has 0 bridgehead atoms. The van der Waals surface area contributed by atoms with E-state index in [9.17, 15) is 9.59 Å². The van der Waals surface area contributed by atoms with Crippen molar-refractivity contribution >= 4 is 17.5 Å². The van der Waals surface area contributed by atoms with Crippen LogP contribution in [0.15, 0.2) is 34.7 Å². The summed E-state index contributed by atoms with van der Waals surface area (Å²) in [7, 11) is 0. The summed E-state index contributed by atoms with van der Waals surface area (Å²) in [6.07, 6.45) is 0.380. The van der Waals surface area contributed by atoms with Crippen molar-refractivity contribution in [2.75, 3.05) is 5.32 Å². The van der Waals surface area contributed by atoms with Crippen molar-refractivity contribution in [2.24, 2.45) is 0 Å². The predicted octanol–water partition coefficient (Wildman–Crippen LogP) is 2.58. The summed E-state index contributed by atoms with van der Waals surface area (Å²) in [6.45, 7) is 3.79. The van der Waals surface area contributed by atoms with Crippen LogP contribution >= 0.6 is 0 Å². The van der Waals surface area contributed by atoms with Gasteiger partial charge in [0.2, 0.25) is 5.91 Å². The summed E-state index contributed by atoms with van der Waals surface area (Å²) in [4.78, 5) is 23.2. The van der Waals surface area contributed by atoms with Crippen molar-refractivity contribution in [3.63, 3.8) is 0 Å². The lowest BCUT2D eigenvalue weighted by atomic mass is 10.1. The second-order valence-electron chi connectivity index (χ2n) is 5.39. The lowest BCUT2D eigenvalue weighted by molar-refractivity contribution is -0.115. The SMILES string of the molecule is CC(C)NC(=O)c1ccc(-c2ccc3c(c2)CC(=O)N3)o1. The molecule has 1 aromatic carbocycles. The zero-order valence-electron chi connectivity index (χ0n) is 11.9. The molecule has 2 aromatic rings. The molecule has 2 amide bonds. The van der Waals surface area contributed by atoms with Gasteiger partial charge in [-0.25, -0.2) is 0 Å². The first kappa shape index (κ1) is 13.4. The Morgan fingerprint density at radius 2 is 2.10 bits per heavy atom. The molecule has 0 saturated heterocycles. The van der Waals surface area contributed by atoms with Gasteiger partial charge in [-0.05, 0) is 49.7 Å². The van der Waals surface area contributed by atoms with Gasteiger partial charge >= 0.3 is 0 Å². The van der Waals surface area contributed by atoms with Crippen molar-refractivity contribution in [3.8, 4) is 11.3 Å². The smallest absolute Gasteiger partial charge is 0.287 e. The summed E-state index contributed by atoms with van der Waals surface area (Å²) < 4.78 is 5.60. The Morgan fingerprint density at radius 1 is 1.29 bits per heavy atom. The molecule has 0 fully saturated rings. The van der Waals surface area contributed by atoms with E-state index in [1.165, 1.54) is 0 Å². The lowest BCUT2D eigenvalue weighted by Crippen LogP contribution is -2.29. The maximum absolute atomic E-state index is 11.9. The Balaban J connectivity index is 1.85. The summed E-state index contributed by atoms with van der Waals surface area (Å²) in [6, 6.07) is 9.11. The van der Waals surface area contributed by atoms with E-state index in [2.05, 4.69) is 10.6 Å². The molecule has 2 N–H and O–H groups in total. The normalized spacial score (nSPS) is 13.2. The summed E-state index contributed by atoms with van der Waals surface area (Å²) >= 11 is 0. The van der Waals surface area contributed by atoms with Crippen LogP contribution in [-0.4, -0.2) is 17.9 Å². The Labute approximate surface area is 122 Å². The largest absolute Gasteiger partial charge is 0.451 e. The second kappa shape index (κ2) is 5.09. The zero-order chi connectivity index (χ0) is 15.0. The minimum absolute atomic E-state index is 0.00130. The van der Waals surface area contributed by atoms with Gasteiger partial charge in [0.25, 0.3) is 5.91 Å². The van der Waals surface area contributed by atoms with Crippen LogP contribution in [0.3, 0.4) is 0 Å². The van der Waals surface area contributed by atoms with Gasteiger partial charge in [0.05, 0.1) is 6.42 Å². The number of nitrogens with one attached hydrogen (secondary N) is 2. The van der Waals surface area contributed by atoms with Crippen molar-refractivity contribution in [2.45, 2.75) is 26.3 Å². The number of benzene rings is 1. The quantitative estimate of drug-likeness (QED) is 0.910. The van der Waals surface area contributed by atoms with Crippen LogP contribution < -0.4 is 10.6 Å². The van der Waals surface area contributed by atoms with Gasteiger partial charge in [0.1, 0.15) is 5.76 Å². The molecule has 0 radical (unpaired) electrons. The highest BCUT2D eigenvalue weighted by molar-refractivity contribution is 5.99. The van der Waals surface area contributed by atoms with E-state index in [0.29, 0.717) is 12.2 Å². The van der Waals surface area contributed by atoms with E-state index < -0.39 is 0 Å². The fourth-order valence-electron chi connectivity index (χ4n) is 2.33. The minimum Gasteiger partial charge on any atom is -0.451 e. The molecule has 2 heterocycles. The Hall–Kier alpha value is -2.56. The fourth-order valence-corrected chi connectivity index (χ4v) is 2.33. The highest BCUT2D eigenvalue weighted by atomic mass is 16.3. The molecule has 5 nitrogen and oxygen atoms in total. The highest BCUT2D eigenvalue weighted by Gasteiger charge is 2.19. The van der Waals surface area contributed by atoms with E-state index in [1.807, 2.05) is 32.0 Å². The zero-order valence-corrected chi connectivity index (χ0v) is 11.9. The van der Waals surface area contributed by atoms with Crippen molar-refractivity contribution in [1.82, 2.24) is 5.32 Å². The molecule has 0 unspecified atom stereocenters. The summed E-state index contributed by atoms with van der Waals surface area (Å²) in [5, 5.41) is 5.57. The highest BCUT2D eigenvalue weighted by Crippen LogP contribution is 2.30. The van der Waals surface area contributed by atoms with E-state index in [0.717, 1.165) is 16.8 Å². The van der Waals surface area contributed by atoms with Crippen molar-refractivity contribution in [1.29, 1.82) is 0 Å². The minimum atomic E-state index is -0.228. The maximum atomic E-state index is 11.9. The predicted molar refractivity (Wildman–Crippen MR) is 79.1 cm³/mol. The van der Waals surface area contributed by atoms with E-state index in [4.69, 9.17) is 4.42 Å². The molecule has 5 heteroatoms. The molecule has 1 aliphatic rings. The third-order valence-electron chi connectivity index (χ3n) is 3.26. The third-order valence-corrected chi connectivity index (χ3v) is 3.26. The number of amides is 2. The van der Waals surface area contributed by atoms with Crippen LogP contribution in [-0.2, 0) is 11.2 Å². The molecule has 0 spiro atoms. The number of hydrogen-bond donors (Lipinski definition) is 2. The number of furan rings is 1. The molecule has 108 valence electrons. The number of carbonyl (C=O) groups is 2. The van der Waals surface area contributed by atoms with E-state index in [-0.39, 0.29) is 23.6 Å². The first-order valence-electron chi connectivity index (χ1n) is 6.87. The van der Waals surface area contributed by atoms with Crippen molar-refractivity contribution in [3.05, 3.63) is 41.7 Å². The molecule has 0 saturated carbocycles. The van der Waals surface area contributed by atoms with Crippen molar-refractivity contribution < 1.29 is 14.0 Å². The maximum Gasteiger partial charge on any atom is 0.287 e. The van der Waals surface area contributed by atoms with Gasteiger partial charge in [0, 0.05) is 17.3 Å². The first-order chi connectivity index (χ1) is 10.0. The Kier molecular flexibility index (Phi) is 3.25. The second-order valence-corrected chi connectivity index (χ2v) is 5.39. The van der Waals surface area contributed by atoms with Crippen LogP contribution in [0.4, 0.5) is 5.69 Å². The number of carbonyl (C=O) groups excluding carboxylic acids is 2. The monoisotopic (exact) mass is 284 g/mol. The number of hydrogen-bond acceptors (Lipinski definition) is 3. The topological polar surface area (TPSA) is 71.3 Å². The fraction of sp³-hybridized carbons (Fsp3) is 0.250. The van der Waals surface area contributed by atoms with E-state index >= 15 is 0 Å². The van der Waals surface area contributed by atoms with Crippen LogP contribution in [0, 0.1) is 0 Å². The first-order valence-corrected chi connectivity index (χ1v) is 6.87. The number of rotatable bonds is 3. The third kappa shape index (κ3) is 2.67. The average molecular weight is 284 g/mol. The molecular weight excluding hydrogens is 268 g/mol. The van der Waals surface area contributed by atoms with Crippen LogP contribution in [0.5, 0.6) is 0 Å². The van der Waals surface area contributed by atoms with Gasteiger partial charge in [-0.1, -0.05) is 0 Å². The molecule has 0 atom stereocenters. The lowest BCUT2D eigenvalue weighted by Gasteiger charge is -2.05. The molecule has 1 aromatic heterocycles. The van der Waals surface area contributed by atoms with Crippen LogP contribution in [0.1, 0.15) is 30.0 Å². The van der Waals surface area contributed by atoms with Gasteiger partial charge in [-0.2, -0.15) is 0 Å². The Bertz CT molecular complexity index is 716. The van der Waals surface area contributed by atoms with E-state index in [1.54, 1.807) is 12.1 Å². The summed E-state index contributed by atoms with van der Waals surface area (Å²) in [5.74, 6) is 0.673. The van der Waals surface area contributed by atoms with Gasteiger partial charge in [-0.3, -0.25) is 9.59 Å². The standard InChI is InChI=1S/C16H16N2O3/c1-9(2)17-16(20)14-6-5-13(21-14)10-3-4-12-11(7-10)8-15(19)18-12/h3-7,9H,8H2,1-2H3,(H,17,20)(H,18,19). The summed E-state index contributed by atoms with van der Waals surface area (Å²) in [5.41, 5.74) is 2.64. The molecule has 0 aliphatic carbocycles. The molecule has 1 aliphatic heterocycles. The number of fused-ring (bicyclic) bond motifs is 1. The van der Waals surface area contributed by atoms with Gasteiger partial charge < -0.3 is 15.1 Å². The van der Waals surface area contributed by atoms with Crippen LogP contribution in [0.2, 0.25) is 0 Å². The average Bonchev–Trinajstić information content (AvgIpc) is 3.01. The Morgan fingerprint density at radius 3 is 2.86 bits per heavy atom. The van der Waals surface area contributed by atoms with Crippen LogP contribution in [0.25, 0.3) is 11.3 Å². The molecule has 3 rings (SSSR count).